The fourth-order valence-electron chi connectivity index (χ4n) is 2.18. The molecule has 1 fully saturated rings. The van der Waals surface area contributed by atoms with Gasteiger partial charge in [0.2, 0.25) is 5.91 Å². The zero-order valence-electron chi connectivity index (χ0n) is 10.7. The molecule has 1 rings (SSSR count). The normalized spacial score (nSPS) is 17.6. The molecule has 0 atom stereocenters. The van der Waals surface area contributed by atoms with Crippen LogP contribution in [-0.2, 0) is 9.59 Å². The molecule has 0 aromatic carbocycles. The van der Waals surface area contributed by atoms with Crippen molar-refractivity contribution >= 4 is 17.9 Å². The number of carboxylic acid groups (broad SMARTS) is 1. The first-order chi connectivity index (χ1) is 8.24. The first-order valence-corrected chi connectivity index (χ1v) is 5.80. The third kappa shape index (κ3) is 3.35. The number of likely N-dealkylation sites (tertiary alicyclic amines) is 1. The van der Waals surface area contributed by atoms with Crippen molar-refractivity contribution in [3.05, 3.63) is 0 Å². The maximum absolute atomic E-state index is 12.2. The highest BCUT2D eigenvalue weighted by atomic mass is 16.4. The second-order valence-electron chi connectivity index (χ2n) is 5.07. The highest BCUT2D eigenvalue weighted by Crippen LogP contribution is 2.29. The zero-order chi connectivity index (χ0) is 13.9. The fourth-order valence-corrected chi connectivity index (χ4v) is 2.18. The molecule has 18 heavy (non-hydrogen) atoms. The molecular weight excluding hydrogens is 238 g/mol. The van der Waals surface area contributed by atoms with Crippen molar-refractivity contribution in [2.45, 2.75) is 32.2 Å². The van der Waals surface area contributed by atoms with Crippen molar-refractivity contribution in [1.29, 1.82) is 0 Å². The number of carbonyl (C=O) groups excluding carboxylic acids is 2. The van der Waals surface area contributed by atoms with Crippen LogP contribution in [0.25, 0.3) is 0 Å². The summed E-state index contributed by atoms with van der Waals surface area (Å²) < 4.78 is 0. The Morgan fingerprint density at radius 3 is 2.33 bits per heavy atom. The number of primary amides is 1. The minimum Gasteiger partial charge on any atom is -0.480 e. The van der Waals surface area contributed by atoms with Gasteiger partial charge in [0.05, 0.1) is 0 Å². The summed E-state index contributed by atoms with van der Waals surface area (Å²) in [7, 11) is 0. The quantitative estimate of drug-likeness (QED) is 0.731. The van der Waals surface area contributed by atoms with Gasteiger partial charge in [-0.05, 0) is 26.7 Å². The highest BCUT2D eigenvalue weighted by Gasteiger charge is 2.38. The van der Waals surface area contributed by atoms with E-state index in [-0.39, 0.29) is 12.1 Å². The molecule has 0 spiro atoms. The molecule has 0 unspecified atom stereocenters. The SMILES string of the molecule is CC1(C)CCCN1C(=O)N(CC(N)=O)CC(=O)O. The Kier molecular flexibility index (Phi) is 4.15. The minimum absolute atomic E-state index is 0.314. The largest absolute Gasteiger partial charge is 0.480 e. The van der Waals surface area contributed by atoms with Crippen LogP contribution >= 0.6 is 0 Å². The number of carboxylic acids is 1. The molecule has 0 aliphatic carbocycles. The number of urea groups is 1. The van der Waals surface area contributed by atoms with Crippen molar-refractivity contribution in [3.8, 4) is 0 Å². The number of carbonyl (C=O) groups is 3. The third-order valence-corrected chi connectivity index (χ3v) is 3.08. The Labute approximate surface area is 106 Å². The van der Waals surface area contributed by atoms with Gasteiger partial charge < -0.3 is 20.6 Å². The number of hydrogen-bond acceptors (Lipinski definition) is 3. The van der Waals surface area contributed by atoms with Gasteiger partial charge in [-0.1, -0.05) is 0 Å². The molecule has 1 aliphatic heterocycles. The Balaban J connectivity index is 2.81. The van der Waals surface area contributed by atoms with E-state index in [0.29, 0.717) is 6.54 Å². The maximum Gasteiger partial charge on any atom is 0.323 e. The molecule has 0 aromatic heterocycles. The summed E-state index contributed by atoms with van der Waals surface area (Å²) in [6.45, 7) is 3.51. The minimum atomic E-state index is -1.17. The van der Waals surface area contributed by atoms with Gasteiger partial charge in [-0.15, -0.1) is 0 Å². The molecule has 0 radical (unpaired) electrons. The van der Waals surface area contributed by atoms with Gasteiger partial charge >= 0.3 is 12.0 Å². The molecule has 0 aromatic rings. The van der Waals surface area contributed by atoms with Gasteiger partial charge in [0, 0.05) is 12.1 Å². The van der Waals surface area contributed by atoms with Crippen LogP contribution in [0.1, 0.15) is 26.7 Å². The molecule has 1 saturated heterocycles. The monoisotopic (exact) mass is 257 g/mol. The molecule has 1 aliphatic rings. The summed E-state index contributed by atoms with van der Waals surface area (Å²) in [6, 6.07) is -0.446. The Hall–Kier alpha value is -1.79. The van der Waals surface area contributed by atoms with E-state index in [4.69, 9.17) is 10.8 Å². The standard InChI is InChI=1S/C11H19N3O4/c1-11(2)4-3-5-14(11)10(18)13(6-8(12)15)7-9(16)17/h3-7H2,1-2H3,(H2,12,15)(H,16,17). The second-order valence-corrected chi connectivity index (χ2v) is 5.07. The van der Waals surface area contributed by atoms with Gasteiger partial charge in [-0.25, -0.2) is 4.79 Å². The smallest absolute Gasteiger partial charge is 0.323 e. The average molecular weight is 257 g/mol. The maximum atomic E-state index is 12.2. The van der Waals surface area contributed by atoms with E-state index in [2.05, 4.69) is 0 Å². The van der Waals surface area contributed by atoms with Gasteiger partial charge in [0.15, 0.2) is 0 Å². The van der Waals surface area contributed by atoms with Crippen LogP contribution in [0.5, 0.6) is 0 Å². The van der Waals surface area contributed by atoms with Crippen molar-refractivity contribution in [2.24, 2.45) is 5.73 Å². The average Bonchev–Trinajstić information content (AvgIpc) is 2.54. The number of hydrogen-bond donors (Lipinski definition) is 2. The fraction of sp³-hybridized carbons (Fsp3) is 0.727. The van der Waals surface area contributed by atoms with Crippen LogP contribution in [-0.4, -0.2) is 58.0 Å². The molecule has 0 bridgehead atoms. The van der Waals surface area contributed by atoms with E-state index in [9.17, 15) is 14.4 Å². The lowest BCUT2D eigenvalue weighted by Gasteiger charge is -2.35. The van der Waals surface area contributed by atoms with Crippen LogP contribution in [0.4, 0.5) is 4.79 Å². The number of rotatable bonds is 4. The van der Waals surface area contributed by atoms with Crippen LogP contribution in [0.15, 0.2) is 0 Å². The van der Waals surface area contributed by atoms with Crippen LogP contribution < -0.4 is 5.73 Å². The number of nitrogens with zero attached hydrogens (tertiary/aromatic N) is 2. The van der Waals surface area contributed by atoms with Crippen LogP contribution in [0.3, 0.4) is 0 Å². The summed E-state index contributed by atoms with van der Waals surface area (Å²) >= 11 is 0. The molecular formula is C11H19N3O4. The van der Waals surface area contributed by atoms with Crippen molar-refractivity contribution in [3.63, 3.8) is 0 Å². The van der Waals surface area contributed by atoms with E-state index >= 15 is 0 Å². The molecule has 1 heterocycles. The zero-order valence-corrected chi connectivity index (χ0v) is 10.7. The summed E-state index contributed by atoms with van der Waals surface area (Å²) in [5.41, 5.74) is 4.71. The molecule has 7 heteroatoms. The van der Waals surface area contributed by atoms with E-state index in [1.165, 1.54) is 0 Å². The summed E-state index contributed by atoms with van der Waals surface area (Å²) in [5, 5.41) is 8.75. The second kappa shape index (κ2) is 5.24. The predicted molar refractivity (Wildman–Crippen MR) is 63.8 cm³/mol. The lowest BCUT2D eigenvalue weighted by molar-refractivity contribution is -0.138. The Morgan fingerprint density at radius 2 is 1.94 bits per heavy atom. The molecule has 3 N–H and O–H groups in total. The lowest BCUT2D eigenvalue weighted by Crippen LogP contribution is -2.52. The Bertz CT molecular complexity index is 351. The van der Waals surface area contributed by atoms with Crippen LogP contribution in [0.2, 0.25) is 0 Å². The van der Waals surface area contributed by atoms with E-state index in [1.807, 2.05) is 13.8 Å². The number of amides is 3. The van der Waals surface area contributed by atoms with E-state index in [0.717, 1.165) is 17.7 Å². The van der Waals surface area contributed by atoms with E-state index in [1.54, 1.807) is 4.90 Å². The van der Waals surface area contributed by atoms with E-state index < -0.39 is 24.5 Å². The molecule has 7 nitrogen and oxygen atoms in total. The van der Waals surface area contributed by atoms with Gasteiger partial charge in [-0.3, -0.25) is 9.59 Å². The first-order valence-electron chi connectivity index (χ1n) is 5.80. The van der Waals surface area contributed by atoms with Gasteiger partial charge in [-0.2, -0.15) is 0 Å². The summed E-state index contributed by atoms with van der Waals surface area (Å²) in [6.07, 6.45) is 1.73. The number of aliphatic carboxylic acids is 1. The third-order valence-electron chi connectivity index (χ3n) is 3.08. The Morgan fingerprint density at radius 1 is 1.33 bits per heavy atom. The summed E-state index contributed by atoms with van der Waals surface area (Å²) in [4.78, 5) is 36.4. The highest BCUT2D eigenvalue weighted by molar-refractivity contribution is 5.86. The molecule has 3 amide bonds. The van der Waals surface area contributed by atoms with Gasteiger partial charge in [0.1, 0.15) is 13.1 Å². The first kappa shape index (κ1) is 14.3. The van der Waals surface area contributed by atoms with Crippen molar-refractivity contribution in [1.82, 2.24) is 9.80 Å². The van der Waals surface area contributed by atoms with Gasteiger partial charge in [0.25, 0.3) is 0 Å². The molecule has 102 valence electrons. The van der Waals surface area contributed by atoms with Crippen molar-refractivity contribution < 1.29 is 19.5 Å². The lowest BCUT2D eigenvalue weighted by atomic mass is 10.0. The van der Waals surface area contributed by atoms with Crippen LogP contribution in [0, 0.1) is 0 Å². The molecule has 0 saturated carbocycles. The van der Waals surface area contributed by atoms with Crippen molar-refractivity contribution in [2.75, 3.05) is 19.6 Å². The number of nitrogens with two attached hydrogens (primary N) is 1. The predicted octanol–water partition coefficient (Wildman–Crippen LogP) is -0.147. The summed E-state index contributed by atoms with van der Waals surface area (Å²) in [5.74, 6) is -1.89. The topological polar surface area (TPSA) is 104 Å².